The van der Waals surface area contributed by atoms with E-state index in [1.807, 2.05) is 56.3 Å². The first kappa shape index (κ1) is 27.6. The molecule has 5 rings (SSSR count). The molecule has 3 aromatic carbocycles. The summed E-state index contributed by atoms with van der Waals surface area (Å²) in [7, 11) is 1.48. The number of benzene rings is 3. The van der Waals surface area contributed by atoms with Gasteiger partial charge in [0.25, 0.3) is 0 Å². The highest BCUT2D eigenvalue weighted by Crippen LogP contribution is 2.41. The molecule has 0 spiro atoms. The number of aryl methyl sites for hydroxylation is 1. The molecule has 0 bridgehead atoms. The average Bonchev–Trinajstić information content (AvgIpc) is 3.36. The van der Waals surface area contributed by atoms with E-state index in [0.29, 0.717) is 5.69 Å². The quantitative estimate of drug-likeness (QED) is 0.232. The van der Waals surface area contributed by atoms with Crippen LogP contribution in [-0.4, -0.2) is 23.5 Å². The topological polar surface area (TPSA) is 77.5 Å². The summed E-state index contributed by atoms with van der Waals surface area (Å²) in [5, 5.41) is 2.91. The van der Waals surface area contributed by atoms with Gasteiger partial charge in [-0.3, -0.25) is 10.1 Å². The lowest BCUT2D eigenvalue weighted by molar-refractivity contribution is -0.149. The largest absolute Gasteiger partial charge is 0.468 e. The van der Waals surface area contributed by atoms with Crippen LogP contribution in [0.2, 0.25) is 0 Å². The fourth-order valence-electron chi connectivity index (χ4n) is 5.56. The van der Waals surface area contributed by atoms with Crippen molar-refractivity contribution in [2.45, 2.75) is 57.5 Å². The molecule has 40 heavy (non-hydrogen) atoms. The highest BCUT2D eigenvalue weighted by Gasteiger charge is 2.42. The Kier molecular flexibility index (Phi) is 8.31. The zero-order valence-corrected chi connectivity index (χ0v) is 23.9. The smallest absolute Gasteiger partial charge is 0.412 e. The molecule has 1 atom stereocenters. The molecule has 1 aliphatic carbocycles. The summed E-state index contributed by atoms with van der Waals surface area (Å²) in [5.41, 5.74) is 5.93. The van der Waals surface area contributed by atoms with Crippen LogP contribution in [0.5, 0.6) is 0 Å². The van der Waals surface area contributed by atoms with Gasteiger partial charge in [0.15, 0.2) is 0 Å². The van der Waals surface area contributed by atoms with Crippen LogP contribution in [0.3, 0.4) is 0 Å². The van der Waals surface area contributed by atoms with Crippen LogP contribution in [0.4, 0.5) is 10.5 Å². The molecule has 0 unspecified atom stereocenters. The highest BCUT2D eigenvalue weighted by molar-refractivity contribution is 7.10. The standard InChI is InChI=1S/C33H34N2O4S/c1-22-29(34-32(37)39-23(2)24-10-6-4-7-11-24)30(40-35-22)27-14-12-25(13-15-27)26-16-18-28(19-17-26)33(31(36)38-3)20-8-5-9-21-33/h4,6-7,10-19,23H,5,8-9,20-21H2,1-3H3,(H,34,37)/t23-/m1/s1. The number of carbonyl (C=O) groups excluding carboxylic acids is 2. The van der Waals surface area contributed by atoms with Gasteiger partial charge < -0.3 is 9.47 Å². The third kappa shape index (κ3) is 5.65. The molecule has 1 heterocycles. The summed E-state index contributed by atoms with van der Waals surface area (Å²) in [6, 6.07) is 26.2. The molecule has 1 N–H and O–H groups in total. The number of hydrogen-bond donors (Lipinski definition) is 1. The van der Waals surface area contributed by atoms with Gasteiger partial charge in [0.2, 0.25) is 0 Å². The van der Waals surface area contributed by atoms with Crippen LogP contribution in [0.15, 0.2) is 78.9 Å². The molecule has 7 heteroatoms. The molecule has 1 aliphatic rings. The number of aromatic nitrogens is 1. The lowest BCUT2D eigenvalue weighted by Gasteiger charge is -2.35. The number of hydrogen-bond acceptors (Lipinski definition) is 6. The van der Waals surface area contributed by atoms with Gasteiger partial charge >= 0.3 is 12.1 Å². The Morgan fingerprint density at radius 3 is 2.10 bits per heavy atom. The third-order valence-electron chi connectivity index (χ3n) is 7.84. The van der Waals surface area contributed by atoms with Crippen LogP contribution in [-0.2, 0) is 19.7 Å². The SMILES string of the molecule is COC(=O)C1(c2ccc(-c3ccc(-c4snc(C)c4NC(=O)O[C@H](C)c4ccccc4)cc3)cc2)CCCCC1. The number of anilines is 1. The Morgan fingerprint density at radius 1 is 0.875 bits per heavy atom. The first-order valence-corrected chi connectivity index (χ1v) is 14.5. The second-order valence-corrected chi connectivity index (χ2v) is 11.1. The van der Waals surface area contributed by atoms with E-state index in [1.165, 1.54) is 18.6 Å². The molecule has 0 saturated heterocycles. The number of methoxy groups -OCH3 is 1. The van der Waals surface area contributed by atoms with Crippen molar-refractivity contribution in [3.05, 3.63) is 95.7 Å². The van der Waals surface area contributed by atoms with E-state index in [2.05, 4.69) is 46.1 Å². The van der Waals surface area contributed by atoms with Gasteiger partial charge in [-0.25, -0.2) is 4.79 Å². The van der Waals surface area contributed by atoms with Crippen LogP contribution in [0.1, 0.15) is 62.0 Å². The van der Waals surface area contributed by atoms with E-state index in [9.17, 15) is 9.59 Å². The van der Waals surface area contributed by atoms with Crippen molar-refractivity contribution in [3.8, 4) is 21.6 Å². The van der Waals surface area contributed by atoms with Crippen molar-refractivity contribution in [1.82, 2.24) is 4.37 Å². The minimum absolute atomic E-state index is 0.132. The zero-order valence-electron chi connectivity index (χ0n) is 23.1. The van der Waals surface area contributed by atoms with Gasteiger partial charge in [-0.1, -0.05) is 98.1 Å². The molecule has 1 saturated carbocycles. The first-order valence-electron chi connectivity index (χ1n) is 13.7. The maximum absolute atomic E-state index is 12.8. The van der Waals surface area contributed by atoms with E-state index >= 15 is 0 Å². The predicted octanol–water partition coefficient (Wildman–Crippen LogP) is 8.47. The highest BCUT2D eigenvalue weighted by atomic mass is 32.1. The summed E-state index contributed by atoms with van der Waals surface area (Å²) in [6.45, 7) is 3.73. The average molecular weight is 555 g/mol. The van der Waals surface area contributed by atoms with Gasteiger partial charge in [-0.15, -0.1) is 0 Å². The van der Waals surface area contributed by atoms with Gasteiger partial charge in [0, 0.05) is 0 Å². The monoisotopic (exact) mass is 554 g/mol. The molecule has 0 radical (unpaired) electrons. The first-order chi connectivity index (χ1) is 19.4. The van der Waals surface area contributed by atoms with Crippen LogP contribution in [0.25, 0.3) is 21.6 Å². The fraction of sp³-hybridized carbons (Fsp3) is 0.303. The summed E-state index contributed by atoms with van der Waals surface area (Å²) < 4.78 is 15.3. The summed E-state index contributed by atoms with van der Waals surface area (Å²) in [6.07, 6.45) is 4.01. The number of carbonyl (C=O) groups is 2. The van der Waals surface area contributed by atoms with Gasteiger partial charge in [0.05, 0.1) is 28.8 Å². The van der Waals surface area contributed by atoms with Crippen LogP contribution >= 0.6 is 11.5 Å². The number of esters is 1. The number of nitrogens with zero attached hydrogens (tertiary/aromatic N) is 1. The van der Waals surface area contributed by atoms with E-state index in [4.69, 9.17) is 9.47 Å². The maximum atomic E-state index is 12.8. The van der Waals surface area contributed by atoms with Crippen molar-refractivity contribution in [3.63, 3.8) is 0 Å². The zero-order chi connectivity index (χ0) is 28.1. The Morgan fingerprint density at radius 2 is 1.48 bits per heavy atom. The van der Waals surface area contributed by atoms with Gasteiger partial charge in [-0.05, 0) is 66.0 Å². The molecular formula is C33H34N2O4S. The number of nitrogens with one attached hydrogen (secondary N) is 1. The van der Waals surface area contributed by atoms with Crippen molar-refractivity contribution >= 4 is 29.3 Å². The fourth-order valence-corrected chi connectivity index (χ4v) is 6.41. The van der Waals surface area contributed by atoms with Crippen LogP contribution < -0.4 is 5.32 Å². The van der Waals surface area contributed by atoms with Gasteiger partial charge in [0.1, 0.15) is 6.10 Å². The summed E-state index contributed by atoms with van der Waals surface area (Å²) >= 11 is 1.35. The molecular weight excluding hydrogens is 520 g/mol. The van der Waals surface area contributed by atoms with Crippen molar-refractivity contribution < 1.29 is 19.1 Å². The molecule has 1 aromatic heterocycles. The molecule has 1 fully saturated rings. The third-order valence-corrected chi connectivity index (χ3v) is 8.83. The molecule has 206 valence electrons. The Hall–Kier alpha value is -3.97. The Bertz CT molecular complexity index is 1460. The maximum Gasteiger partial charge on any atom is 0.412 e. The molecule has 0 aliphatic heterocycles. The van der Waals surface area contributed by atoms with E-state index in [-0.39, 0.29) is 12.1 Å². The van der Waals surface area contributed by atoms with E-state index < -0.39 is 11.5 Å². The molecule has 4 aromatic rings. The molecule has 6 nitrogen and oxygen atoms in total. The number of rotatable bonds is 7. The minimum atomic E-state index is -0.539. The Balaban J connectivity index is 1.31. The predicted molar refractivity (Wildman–Crippen MR) is 159 cm³/mol. The van der Waals surface area contributed by atoms with Crippen molar-refractivity contribution in [2.24, 2.45) is 0 Å². The normalized spacial score (nSPS) is 15.2. The lowest BCUT2D eigenvalue weighted by atomic mass is 9.69. The lowest BCUT2D eigenvalue weighted by Crippen LogP contribution is -2.38. The summed E-state index contributed by atoms with van der Waals surface area (Å²) in [4.78, 5) is 26.4. The van der Waals surface area contributed by atoms with Crippen molar-refractivity contribution in [1.29, 1.82) is 0 Å². The van der Waals surface area contributed by atoms with Gasteiger partial charge in [-0.2, -0.15) is 4.37 Å². The number of amides is 1. The molecule has 1 amide bonds. The summed E-state index contributed by atoms with van der Waals surface area (Å²) in [5.74, 6) is -0.132. The van der Waals surface area contributed by atoms with E-state index in [0.717, 1.165) is 70.5 Å². The van der Waals surface area contributed by atoms with Crippen molar-refractivity contribution in [2.75, 3.05) is 12.4 Å². The second kappa shape index (κ2) is 12.0. The number of ether oxygens (including phenoxy) is 2. The minimum Gasteiger partial charge on any atom is -0.468 e. The second-order valence-electron chi connectivity index (χ2n) is 10.3. The van der Waals surface area contributed by atoms with E-state index in [1.54, 1.807) is 0 Å². The van der Waals surface area contributed by atoms with Crippen LogP contribution in [0, 0.1) is 6.92 Å². The Labute approximate surface area is 239 Å².